The maximum Gasteiger partial charge on any atom is 0.0856 e. The average molecular weight is 357 g/mol. The fourth-order valence-electron chi connectivity index (χ4n) is 1.60. The minimum Gasteiger partial charge on any atom is -0.388 e. The largest absolute Gasteiger partial charge is 0.388 e. The number of rotatable bonds is 3. The first-order valence-corrected chi connectivity index (χ1v) is 6.78. The van der Waals surface area contributed by atoms with Gasteiger partial charge in [-0.2, -0.15) is 0 Å². The fraction of sp³-hybridized carbons (Fsp3) is 0.154. The third kappa shape index (κ3) is 3.37. The Bertz CT molecular complexity index is 502. The highest BCUT2D eigenvalue weighted by molar-refractivity contribution is 9.11. The predicted molar refractivity (Wildman–Crippen MR) is 74.7 cm³/mol. The third-order valence-corrected chi connectivity index (χ3v) is 3.63. The highest BCUT2D eigenvalue weighted by Crippen LogP contribution is 2.28. The number of hydrogen-bond donors (Lipinski definition) is 1. The predicted octanol–water partition coefficient (Wildman–Crippen LogP) is 3.88. The number of benzene rings is 1. The highest BCUT2D eigenvalue weighted by atomic mass is 79.9. The molecule has 2 rings (SSSR count). The van der Waals surface area contributed by atoms with E-state index in [1.54, 1.807) is 6.20 Å². The van der Waals surface area contributed by atoms with Gasteiger partial charge in [-0.05, 0) is 29.8 Å². The second-order valence-electron chi connectivity index (χ2n) is 3.71. The van der Waals surface area contributed by atoms with Crippen LogP contribution in [0.4, 0.5) is 0 Å². The smallest absolute Gasteiger partial charge is 0.0856 e. The van der Waals surface area contributed by atoms with Crippen LogP contribution in [0.1, 0.15) is 17.4 Å². The molecule has 4 heteroatoms. The van der Waals surface area contributed by atoms with Crippen molar-refractivity contribution >= 4 is 31.9 Å². The van der Waals surface area contributed by atoms with Gasteiger partial charge in [0.25, 0.3) is 0 Å². The second-order valence-corrected chi connectivity index (χ2v) is 5.48. The van der Waals surface area contributed by atoms with Crippen LogP contribution in [-0.2, 0) is 6.42 Å². The molecule has 0 aliphatic carbocycles. The summed E-state index contributed by atoms with van der Waals surface area (Å²) in [4.78, 5) is 4.21. The van der Waals surface area contributed by atoms with Crippen LogP contribution in [-0.4, -0.2) is 10.1 Å². The first-order valence-electron chi connectivity index (χ1n) is 5.20. The van der Waals surface area contributed by atoms with Gasteiger partial charge in [0.15, 0.2) is 0 Å². The zero-order valence-electron chi connectivity index (χ0n) is 8.98. The lowest BCUT2D eigenvalue weighted by molar-refractivity contribution is 0.176. The molecule has 1 unspecified atom stereocenters. The molecule has 2 nitrogen and oxygen atoms in total. The van der Waals surface area contributed by atoms with Crippen LogP contribution in [0.5, 0.6) is 0 Å². The van der Waals surface area contributed by atoms with Crippen molar-refractivity contribution in [2.24, 2.45) is 0 Å². The van der Waals surface area contributed by atoms with Gasteiger partial charge >= 0.3 is 0 Å². The van der Waals surface area contributed by atoms with E-state index in [1.807, 2.05) is 36.4 Å². The van der Waals surface area contributed by atoms with E-state index in [2.05, 4.69) is 36.8 Å². The molecule has 17 heavy (non-hydrogen) atoms. The number of aromatic nitrogens is 1. The molecule has 1 N–H and O–H groups in total. The van der Waals surface area contributed by atoms with Gasteiger partial charge in [0.05, 0.1) is 6.10 Å². The lowest BCUT2D eigenvalue weighted by Gasteiger charge is -2.12. The van der Waals surface area contributed by atoms with Crippen molar-refractivity contribution in [2.45, 2.75) is 12.5 Å². The lowest BCUT2D eigenvalue weighted by Crippen LogP contribution is -2.03. The summed E-state index contributed by atoms with van der Waals surface area (Å²) in [6, 6.07) is 11.5. The molecule has 1 aromatic heterocycles. The van der Waals surface area contributed by atoms with Gasteiger partial charge in [-0.3, -0.25) is 4.98 Å². The molecule has 0 aliphatic rings. The van der Waals surface area contributed by atoms with Crippen LogP contribution in [0, 0.1) is 0 Å². The number of nitrogens with zero attached hydrogens (tertiary/aromatic N) is 1. The van der Waals surface area contributed by atoms with E-state index in [0.717, 1.165) is 20.2 Å². The summed E-state index contributed by atoms with van der Waals surface area (Å²) in [5.74, 6) is 0. The zero-order valence-corrected chi connectivity index (χ0v) is 12.1. The summed E-state index contributed by atoms with van der Waals surface area (Å²) in [5, 5.41) is 10.2. The van der Waals surface area contributed by atoms with Gasteiger partial charge < -0.3 is 5.11 Å². The van der Waals surface area contributed by atoms with E-state index in [0.29, 0.717) is 6.42 Å². The first-order chi connectivity index (χ1) is 8.16. The van der Waals surface area contributed by atoms with E-state index >= 15 is 0 Å². The summed E-state index contributed by atoms with van der Waals surface area (Å²) in [6.07, 6.45) is 1.70. The highest BCUT2D eigenvalue weighted by Gasteiger charge is 2.12. The van der Waals surface area contributed by atoms with Gasteiger partial charge in [0.2, 0.25) is 0 Å². The molecule has 0 radical (unpaired) electrons. The van der Waals surface area contributed by atoms with Crippen LogP contribution in [0.15, 0.2) is 51.5 Å². The molecule has 1 atom stereocenters. The van der Waals surface area contributed by atoms with Crippen molar-refractivity contribution in [3.05, 3.63) is 62.8 Å². The van der Waals surface area contributed by atoms with E-state index in [-0.39, 0.29) is 0 Å². The van der Waals surface area contributed by atoms with Crippen LogP contribution in [0.25, 0.3) is 0 Å². The Morgan fingerprint density at radius 2 is 2.00 bits per heavy atom. The molecule has 0 spiro atoms. The van der Waals surface area contributed by atoms with Crippen molar-refractivity contribution in [3.63, 3.8) is 0 Å². The Balaban J connectivity index is 2.17. The Kier molecular flexibility index (Phi) is 4.31. The molecule has 0 aliphatic heterocycles. The zero-order chi connectivity index (χ0) is 12.3. The van der Waals surface area contributed by atoms with E-state index < -0.39 is 6.10 Å². The Labute approximate surface area is 117 Å². The third-order valence-electron chi connectivity index (χ3n) is 2.45. The number of hydrogen-bond acceptors (Lipinski definition) is 2. The average Bonchev–Trinajstić information content (AvgIpc) is 2.30. The molecule has 0 fully saturated rings. The molecule has 0 amide bonds. The van der Waals surface area contributed by atoms with Crippen LogP contribution < -0.4 is 0 Å². The normalized spacial score (nSPS) is 12.4. The summed E-state index contributed by atoms with van der Waals surface area (Å²) in [6.45, 7) is 0. The van der Waals surface area contributed by atoms with Crippen LogP contribution in [0.2, 0.25) is 0 Å². The molecular formula is C13H11Br2NO. The maximum absolute atomic E-state index is 10.2. The van der Waals surface area contributed by atoms with E-state index in [9.17, 15) is 5.11 Å². The molecule has 1 aromatic carbocycles. The Morgan fingerprint density at radius 1 is 1.18 bits per heavy atom. The van der Waals surface area contributed by atoms with Crippen molar-refractivity contribution < 1.29 is 5.11 Å². The molecule has 0 bridgehead atoms. The minimum absolute atomic E-state index is 0.515. The van der Waals surface area contributed by atoms with Gasteiger partial charge in [-0.1, -0.05) is 44.0 Å². The number of halogens is 2. The first kappa shape index (κ1) is 12.7. The summed E-state index contributed by atoms with van der Waals surface area (Å²) in [7, 11) is 0. The Morgan fingerprint density at radius 3 is 2.65 bits per heavy atom. The fourth-order valence-corrected chi connectivity index (χ4v) is 2.91. The topological polar surface area (TPSA) is 33.1 Å². The maximum atomic E-state index is 10.2. The molecule has 0 saturated carbocycles. The van der Waals surface area contributed by atoms with Gasteiger partial charge in [0, 0.05) is 27.3 Å². The number of pyridine rings is 1. The van der Waals surface area contributed by atoms with Crippen molar-refractivity contribution in [2.75, 3.05) is 0 Å². The molecule has 0 saturated heterocycles. The Hall–Kier alpha value is -0.710. The minimum atomic E-state index is -0.549. The van der Waals surface area contributed by atoms with Crippen LogP contribution >= 0.6 is 31.9 Å². The SMILES string of the molecule is OC(Cc1ccccn1)c1ccc(Br)cc1Br. The quantitative estimate of drug-likeness (QED) is 0.905. The van der Waals surface area contributed by atoms with Gasteiger partial charge in [0.1, 0.15) is 0 Å². The van der Waals surface area contributed by atoms with E-state index in [4.69, 9.17) is 0 Å². The van der Waals surface area contributed by atoms with Crippen LogP contribution in [0.3, 0.4) is 0 Å². The summed E-state index contributed by atoms with van der Waals surface area (Å²) in [5.41, 5.74) is 1.76. The van der Waals surface area contributed by atoms with Gasteiger partial charge in [-0.15, -0.1) is 0 Å². The molecular weight excluding hydrogens is 346 g/mol. The van der Waals surface area contributed by atoms with E-state index in [1.165, 1.54) is 0 Å². The standard InChI is InChI=1S/C13H11Br2NO/c14-9-4-5-11(12(15)7-9)13(17)8-10-3-1-2-6-16-10/h1-7,13,17H,8H2. The van der Waals surface area contributed by atoms with Crippen molar-refractivity contribution in [3.8, 4) is 0 Å². The van der Waals surface area contributed by atoms with Crippen molar-refractivity contribution in [1.29, 1.82) is 0 Å². The molecule has 88 valence electrons. The summed E-state index contributed by atoms with van der Waals surface area (Å²) < 4.78 is 1.88. The number of aliphatic hydroxyl groups excluding tert-OH is 1. The second kappa shape index (κ2) is 5.76. The lowest BCUT2D eigenvalue weighted by atomic mass is 10.0. The van der Waals surface area contributed by atoms with Crippen molar-refractivity contribution in [1.82, 2.24) is 4.98 Å². The molecule has 2 aromatic rings. The number of aliphatic hydroxyl groups is 1. The molecule has 1 heterocycles. The summed E-state index contributed by atoms with van der Waals surface area (Å²) >= 11 is 6.84. The van der Waals surface area contributed by atoms with Gasteiger partial charge in [-0.25, -0.2) is 0 Å². The monoisotopic (exact) mass is 355 g/mol.